The van der Waals surface area contributed by atoms with E-state index in [1.54, 1.807) is 4.90 Å². The second-order valence-corrected chi connectivity index (χ2v) is 7.72. The van der Waals surface area contributed by atoms with E-state index in [0.29, 0.717) is 13.0 Å². The van der Waals surface area contributed by atoms with Gasteiger partial charge in [-0.3, -0.25) is 4.79 Å². The third-order valence-electron chi connectivity index (χ3n) is 3.68. The van der Waals surface area contributed by atoms with Crippen LogP contribution in [0.25, 0.3) is 0 Å². The van der Waals surface area contributed by atoms with Crippen molar-refractivity contribution in [1.29, 1.82) is 0 Å². The summed E-state index contributed by atoms with van der Waals surface area (Å²) in [4.78, 5) is 25.0. The van der Waals surface area contributed by atoms with Crippen LogP contribution in [0.1, 0.15) is 48.0 Å². The number of carbonyl (C=O) groups is 2. The molecule has 5 heteroatoms. The van der Waals surface area contributed by atoms with Gasteiger partial charge in [0, 0.05) is 13.1 Å². The molecule has 0 aliphatic carbocycles. The fourth-order valence-corrected chi connectivity index (χ4v) is 2.38. The number of carboxylic acids is 1. The van der Waals surface area contributed by atoms with E-state index in [9.17, 15) is 14.7 Å². The first-order chi connectivity index (χ1) is 8.90. The zero-order valence-corrected chi connectivity index (χ0v) is 13.4. The van der Waals surface area contributed by atoms with Crippen LogP contribution < -0.4 is 0 Å². The smallest absolute Gasteiger partial charge is 0.410 e. The van der Waals surface area contributed by atoms with Crippen molar-refractivity contribution in [2.75, 3.05) is 13.1 Å². The Labute approximate surface area is 121 Å². The molecule has 1 amide bonds. The van der Waals surface area contributed by atoms with Crippen LogP contribution >= 0.6 is 0 Å². The van der Waals surface area contributed by atoms with Crippen LogP contribution in [0.5, 0.6) is 0 Å². The van der Waals surface area contributed by atoms with E-state index in [1.165, 1.54) is 0 Å². The Morgan fingerprint density at radius 3 is 2.05 bits per heavy atom. The van der Waals surface area contributed by atoms with Crippen LogP contribution in [0, 0.1) is 17.3 Å². The van der Waals surface area contributed by atoms with E-state index >= 15 is 0 Å². The summed E-state index contributed by atoms with van der Waals surface area (Å²) >= 11 is 0. The van der Waals surface area contributed by atoms with E-state index in [0.717, 1.165) is 0 Å². The molecule has 0 aromatic carbocycles. The van der Waals surface area contributed by atoms with Gasteiger partial charge >= 0.3 is 12.1 Å². The molecule has 5 nitrogen and oxygen atoms in total. The summed E-state index contributed by atoms with van der Waals surface area (Å²) in [6, 6.07) is 0. The minimum absolute atomic E-state index is 0.0334. The largest absolute Gasteiger partial charge is 0.481 e. The van der Waals surface area contributed by atoms with Crippen LogP contribution in [-0.4, -0.2) is 40.8 Å². The first kappa shape index (κ1) is 16.8. The van der Waals surface area contributed by atoms with Gasteiger partial charge in [0.25, 0.3) is 0 Å². The Hall–Kier alpha value is -1.26. The number of hydrogen-bond acceptors (Lipinski definition) is 3. The summed E-state index contributed by atoms with van der Waals surface area (Å²) in [6.45, 7) is 12.5. The molecule has 0 radical (unpaired) electrons. The molecule has 1 aliphatic rings. The Morgan fingerprint density at radius 2 is 1.65 bits per heavy atom. The van der Waals surface area contributed by atoms with Crippen molar-refractivity contribution < 1.29 is 19.4 Å². The van der Waals surface area contributed by atoms with Gasteiger partial charge in [0.05, 0.1) is 5.92 Å². The molecule has 1 N–H and O–H groups in total. The predicted octanol–water partition coefficient (Wildman–Crippen LogP) is 2.99. The van der Waals surface area contributed by atoms with Gasteiger partial charge in [-0.2, -0.15) is 0 Å². The van der Waals surface area contributed by atoms with Gasteiger partial charge in [-0.15, -0.1) is 0 Å². The second kappa shape index (κ2) is 5.62. The summed E-state index contributed by atoms with van der Waals surface area (Å²) < 4.78 is 5.36. The topological polar surface area (TPSA) is 66.8 Å². The number of likely N-dealkylation sites (tertiary alicyclic amines) is 1. The standard InChI is InChI=1S/C15H27NO4/c1-14(2,3)11-7-10(12(17)18)8-16(9-11)13(19)20-15(4,5)6/h10-11H,7-9H2,1-6H3,(H,17,18)/t10-,11+/m1/s1. The van der Waals surface area contributed by atoms with Crippen LogP contribution in [0.4, 0.5) is 4.79 Å². The van der Waals surface area contributed by atoms with Gasteiger partial charge in [0.15, 0.2) is 0 Å². The highest BCUT2D eigenvalue weighted by Crippen LogP contribution is 2.36. The normalized spacial score (nSPS) is 24.4. The number of nitrogens with zero attached hydrogens (tertiary/aromatic N) is 1. The third-order valence-corrected chi connectivity index (χ3v) is 3.68. The van der Waals surface area contributed by atoms with Crippen molar-refractivity contribution >= 4 is 12.1 Å². The number of piperidine rings is 1. The van der Waals surface area contributed by atoms with E-state index in [-0.39, 0.29) is 17.9 Å². The van der Waals surface area contributed by atoms with Crippen molar-refractivity contribution in [3.63, 3.8) is 0 Å². The average Bonchev–Trinajstić information content (AvgIpc) is 2.24. The summed E-state index contributed by atoms with van der Waals surface area (Å²) in [7, 11) is 0. The highest BCUT2D eigenvalue weighted by atomic mass is 16.6. The number of aliphatic carboxylic acids is 1. The number of ether oxygens (including phenoxy) is 1. The zero-order chi connectivity index (χ0) is 15.7. The van der Waals surface area contributed by atoms with Crippen molar-refractivity contribution in [1.82, 2.24) is 4.90 Å². The maximum atomic E-state index is 12.2. The maximum absolute atomic E-state index is 12.2. The van der Waals surface area contributed by atoms with Crippen LogP contribution in [0.15, 0.2) is 0 Å². The molecule has 0 spiro atoms. The summed E-state index contributed by atoms with van der Waals surface area (Å²) in [5, 5.41) is 9.28. The highest BCUT2D eigenvalue weighted by molar-refractivity contribution is 5.73. The molecule has 1 fully saturated rings. The van der Waals surface area contributed by atoms with Gasteiger partial charge in [-0.25, -0.2) is 4.79 Å². The molecule has 0 aromatic rings. The number of rotatable bonds is 1. The Morgan fingerprint density at radius 1 is 1.10 bits per heavy atom. The lowest BCUT2D eigenvalue weighted by molar-refractivity contribution is -0.144. The van der Waals surface area contributed by atoms with Gasteiger partial charge in [-0.1, -0.05) is 20.8 Å². The SMILES string of the molecule is CC(C)(C)OC(=O)N1C[C@H](C(=O)O)C[C@H](C(C)(C)C)C1. The number of amides is 1. The molecule has 20 heavy (non-hydrogen) atoms. The third kappa shape index (κ3) is 4.69. The minimum atomic E-state index is -0.840. The van der Waals surface area contributed by atoms with Crippen molar-refractivity contribution in [3.05, 3.63) is 0 Å². The molecule has 1 aliphatic heterocycles. The van der Waals surface area contributed by atoms with Crippen molar-refractivity contribution in [2.24, 2.45) is 17.3 Å². The zero-order valence-electron chi connectivity index (χ0n) is 13.4. The molecular weight excluding hydrogens is 258 g/mol. The fourth-order valence-electron chi connectivity index (χ4n) is 2.38. The molecular formula is C15H27NO4. The fraction of sp³-hybridized carbons (Fsp3) is 0.867. The quantitative estimate of drug-likeness (QED) is 0.804. The Bertz CT molecular complexity index is 378. The minimum Gasteiger partial charge on any atom is -0.481 e. The van der Waals surface area contributed by atoms with Gasteiger partial charge in [0.2, 0.25) is 0 Å². The summed E-state index contributed by atoms with van der Waals surface area (Å²) in [5.74, 6) is -1.20. The van der Waals surface area contributed by atoms with Gasteiger partial charge < -0.3 is 14.7 Å². The summed E-state index contributed by atoms with van der Waals surface area (Å²) in [6.07, 6.45) is 0.190. The monoisotopic (exact) mass is 285 g/mol. The van der Waals surface area contributed by atoms with E-state index in [1.807, 2.05) is 20.8 Å². The molecule has 1 saturated heterocycles. The molecule has 0 aromatic heterocycles. The molecule has 1 heterocycles. The molecule has 0 bridgehead atoms. The van der Waals surface area contributed by atoms with Crippen molar-refractivity contribution in [3.8, 4) is 0 Å². The van der Waals surface area contributed by atoms with Crippen LogP contribution in [-0.2, 0) is 9.53 Å². The molecule has 1 rings (SSSR count). The summed E-state index contributed by atoms with van der Waals surface area (Å²) in [5.41, 5.74) is -0.598. The Kier molecular flexibility index (Phi) is 4.72. The first-order valence-electron chi connectivity index (χ1n) is 7.11. The van der Waals surface area contributed by atoms with Gasteiger partial charge in [0.1, 0.15) is 5.60 Å². The van der Waals surface area contributed by atoms with Crippen LogP contribution in [0.3, 0.4) is 0 Å². The lowest BCUT2D eigenvalue weighted by Gasteiger charge is -2.42. The first-order valence-corrected chi connectivity index (χ1v) is 7.11. The van der Waals surface area contributed by atoms with E-state index < -0.39 is 23.6 Å². The van der Waals surface area contributed by atoms with Crippen LogP contribution in [0.2, 0.25) is 0 Å². The number of carbonyl (C=O) groups excluding carboxylic acids is 1. The lowest BCUT2D eigenvalue weighted by Crippen LogP contribution is -2.50. The molecule has 0 saturated carbocycles. The predicted molar refractivity (Wildman–Crippen MR) is 76.5 cm³/mol. The Balaban J connectivity index is 2.85. The second-order valence-electron chi connectivity index (χ2n) is 7.72. The molecule has 116 valence electrons. The number of carboxylic acid groups (broad SMARTS) is 1. The molecule has 2 atom stereocenters. The molecule has 0 unspecified atom stereocenters. The number of hydrogen-bond donors (Lipinski definition) is 1. The average molecular weight is 285 g/mol. The van der Waals surface area contributed by atoms with Crippen molar-refractivity contribution in [2.45, 2.75) is 53.6 Å². The highest BCUT2D eigenvalue weighted by Gasteiger charge is 2.39. The maximum Gasteiger partial charge on any atom is 0.410 e. The van der Waals surface area contributed by atoms with E-state index in [4.69, 9.17) is 4.74 Å². The lowest BCUT2D eigenvalue weighted by atomic mass is 9.73. The van der Waals surface area contributed by atoms with E-state index in [2.05, 4.69) is 20.8 Å². The van der Waals surface area contributed by atoms with Gasteiger partial charge in [-0.05, 0) is 38.5 Å².